The number of aliphatic hydroxyl groups excluding tert-OH is 1. The van der Waals surface area contributed by atoms with Crippen molar-refractivity contribution in [3.63, 3.8) is 0 Å². The molecule has 0 amide bonds. The summed E-state index contributed by atoms with van der Waals surface area (Å²) in [5, 5.41) is 9.30. The molecule has 1 atom stereocenters. The average molecular weight is 164 g/mol. The molecule has 1 N–H and O–H groups in total. The van der Waals surface area contributed by atoms with E-state index in [4.69, 9.17) is 0 Å². The van der Waals surface area contributed by atoms with Gasteiger partial charge in [-0.15, -0.1) is 0 Å². The van der Waals surface area contributed by atoms with E-state index in [0.717, 1.165) is 11.8 Å². The van der Waals surface area contributed by atoms with E-state index < -0.39 is 6.10 Å². The van der Waals surface area contributed by atoms with Crippen LogP contribution < -0.4 is 0 Å². The van der Waals surface area contributed by atoms with Crippen LogP contribution in [0.15, 0.2) is 18.2 Å². The number of aryl methyl sites for hydroxylation is 1. The Morgan fingerprint density at radius 3 is 2.67 bits per heavy atom. The third-order valence-electron chi connectivity index (χ3n) is 1.82. The molecule has 12 heavy (non-hydrogen) atoms. The van der Waals surface area contributed by atoms with E-state index in [9.17, 15) is 9.90 Å². The van der Waals surface area contributed by atoms with Crippen LogP contribution in [0, 0.1) is 6.92 Å². The monoisotopic (exact) mass is 164 g/mol. The third kappa shape index (κ3) is 1.71. The summed E-state index contributed by atoms with van der Waals surface area (Å²) >= 11 is 0. The van der Waals surface area contributed by atoms with Crippen molar-refractivity contribution in [2.45, 2.75) is 20.0 Å². The quantitative estimate of drug-likeness (QED) is 0.677. The summed E-state index contributed by atoms with van der Waals surface area (Å²) in [4.78, 5) is 10.5. The topological polar surface area (TPSA) is 37.3 Å². The molecule has 0 bridgehead atoms. The molecule has 0 fully saturated rings. The van der Waals surface area contributed by atoms with E-state index in [1.807, 2.05) is 19.1 Å². The summed E-state index contributed by atoms with van der Waals surface area (Å²) in [6.07, 6.45) is 0.187. The molecular weight excluding hydrogens is 152 g/mol. The van der Waals surface area contributed by atoms with Crippen molar-refractivity contribution in [3.05, 3.63) is 34.9 Å². The molecule has 0 spiro atoms. The lowest BCUT2D eigenvalue weighted by atomic mass is 10.0. The van der Waals surface area contributed by atoms with Gasteiger partial charge >= 0.3 is 0 Å². The van der Waals surface area contributed by atoms with E-state index in [1.165, 1.54) is 0 Å². The van der Waals surface area contributed by atoms with Gasteiger partial charge in [0.2, 0.25) is 0 Å². The summed E-state index contributed by atoms with van der Waals surface area (Å²) < 4.78 is 0. The minimum atomic E-state index is -0.579. The van der Waals surface area contributed by atoms with Crippen LogP contribution in [0.2, 0.25) is 0 Å². The highest BCUT2D eigenvalue weighted by molar-refractivity contribution is 5.77. The molecule has 0 saturated heterocycles. The van der Waals surface area contributed by atoms with Crippen LogP contribution in [0.1, 0.15) is 34.5 Å². The first-order valence-electron chi connectivity index (χ1n) is 3.89. The first kappa shape index (κ1) is 8.94. The Kier molecular flexibility index (Phi) is 2.61. The van der Waals surface area contributed by atoms with Gasteiger partial charge in [-0.25, -0.2) is 0 Å². The van der Waals surface area contributed by atoms with E-state index in [-0.39, 0.29) is 0 Å². The lowest BCUT2D eigenvalue weighted by Gasteiger charge is -2.08. The van der Waals surface area contributed by atoms with Gasteiger partial charge in [0.25, 0.3) is 0 Å². The minimum Gasteiger partial charge on any atom is -0.389 e. The Balaban J connectivity index is 3.21. The molecule has 0 aromatic heterocycles. The Morgan fingerprint density at radius 1 is 1.50 bits per heavy atom. The van der Waals surface area contributed by atoms with Crippen molar-refractivity contribution in [1.82, 2.24) is 0 Å². The fraction of sp³-hybridized carbons (Fsp3) is 0.300. The molecule has 0 aliphatic heterocycles. The highest BCUT2D eigenvalue weighted by Gasteiger charge is 2.06. The largest absolute Gasteiger partial charge is 0.389 e. The Labute approximate surface area is 71.8 Å². The van der Waals surface area contributed by atoms with Gasteiger partial charge in [0, 0.05) is 5.56 Å². The normalized spacial score (nSPS) is 12.6. The van der Waals surface area contributed by atoms with Gasteiger partial charge in [0.05, 0.1) is 6.10 Å². The molecule has 64 valence electrons. The number of hydrogen-bond acceptors (Lipinski definition) is 2. The molecule has 0 aliphatic rings. The third-order valence-corrected chi connectivity index (χ3v) is 1.82. The maximum atomic E-state index is 10.5. The number of benzene rings is 1. The number of carbonyl (C=O) groups is 1. The SMILES string of the molecule is Cc1ccc(C=O)c(C(C)O)c1. The molecule has 0 aliphatic carbocycles. The standard InChI is InChI=1S/C10H12O2/c1-7-3-4-9(6-11)10(5-7)8(2)12/h3-6,8,12H,1-2H3. The van der Waals surface area contributed by atoms with Crippen molar-refractivity contribution >= 4 is 6.29 Å². The zero-order valence-corrected chi connectivity index (χ0v) is 7.24. The summed E-state index contributed by atoms with van der Waals surface area (Å²) in [5.74, 6) is 0. The fourth-order valence-corrected chi connectivity index (χ4v) is 1.16. The van der Waals surface area contributed by atoms with Crippen LogP contribution >= 0.6 is 0 Å². The lowest BCUT2D eigenvalue weighted by Crippen LogP contribution is -1.97. The van der Waals surface area contributed by atoms with Gasteiger partial charge in [0.1, 0.15) is 6.29 Å². The van der Waals surface area contributed by atoms with Gasteiger partial charge in [-0.2, -0.15) is 0 Å². The van der Waals surface area contributed by atoms with E-state index >= 15 is 0 Å². The van der Waals surface area contributed by atoms with E-state index in [1.54, 1.807) is 13.0 Å². The van der Waals surface area contributed by atoms with Crippen molar-refractivity contribution in [3.8, 4) is 0 Å². The van der Waals surface area contributed by atoms with Gasteiger partial charge in [0.15, 0.2) is 0 Å². The molecule has 2 nitrogen and oxygen atoms in total. The molecule has 1 unspecified atom stereocenters. The maximum absolute atomic E-state index is 10.5. The summed E-state index contributed by atoms with van der Waals surface area (Å²) in [5.41, 5.74) is 2.32. The number of aldehydes is 1. The molecule has 2 heteroatoms. The summed E-state index contributed by atoms with van der Waals surface area (Å²) in [6, 6.07) is 5.41. The van der Waals surface area contributed by atoms with Crippen LogP contribution in [0.3, 0.4) is 0 Å². The number of carbonyl (C=O) groups excluding carboxylic acids is 1. The highest BCUT2D eigenvalue weighted by atomic mass is 16.3. The first-order chi connectivity index (χ1) is 5.65. The summed E-state index contributed by atoms with van der Waals surface area (Å²) in [7, 11) is 0. The Bertz CT molecular complexity index is 290. The van der Waals surface area contributed by atoms with E-state index in [2.05, 4.69) is 0 Å². The van der Waals surface area contributed by atoms with Crippen LogP contribution in [0.5, 0.6) is 0 Å². The molecule has 0 heterocycles. The molecular formula is C10H12O2. The predicted octanol–water partition coefficient (Wildman–Crippen LogP) is 1.86. The van der Waals surface area contributed by atoms with Crippen molar-refractivity contribution in [1.29, 1.82) is 0 Å². The minimum absolute atomic E-state index is 0.565. The van der Waals surface area contributed by atoms with Crippen LogP contribution in [-0.4, -0.2) is 11.4 Å². The van der Waals surface area contributed by atoms with Crippen molar-refractivity contribution in [2.75, 3.05) is 0 Å². The second kappa shape index (κ2) is 3.50. The first-order valence-corrected chi connectivity index (χ1v) is 3.89. The van der Waals surface area contributed by atoms with Gasteiger partial charge in [-0.05, 0) is 19.4 Å². The van der Waals surface area contributed by atoms with Crippen LogP contribution in [0.4, 0.5) is 0 Å². The molecule has 1 aromatic rings. The van der Waals surface area contributed by atoms with Crippen molar-refractivity contribution < 1.29 is 9.90 Å². The molecule has 1 rings (SSSR count). The second-order valence-electron chi connectivity index (χ2n) is 2.93. The fourth-order valence-electron chi connectivity index (χ4n) is 1.16. The van der Waals surface area contributed by atoms with Crippen LogP contribution in [-0.2, 0) is 0 Å². The maximum Gasteiger partial charge on any atom is 0.150 e. The van der Waals surface area contributed by atoms with Crippen molar-refractivity contribution in [2.24, 2.45) is 0 Å². The predicted molar refractivity (Wildman–Crippen MR) is 47.2 cm³/mol. The number of hydrogen-bond donors (Lipinski definition) is 1. The van der Waals surface area contributed by atoms with E-state index in [0.29, 0.717) is 11.1 Å². The Morgan fingerprint density at radius 2 is 2.17 bits per heavy atom. The highest BCUT2D eigenvalue weighted by Crippen LogP contribution is 2.17. The molecule has 0 saturated carbocycles. The average Bonchev–Trinajstić information content (AvgIpc) is 2.04. The molecule has 1 aromatic carbocycles. The van der Waals surface area contributed by atoms with Gasteiger partial charge in [-0.1, -0.05) is 23.8 Å². The molecule has 0 radical (unpaired) electrons. The van der Waals surface area contributed by atoms with Gasteiger partial charge in [-0.3, -0.25) is 4.79 Å². The lowest BCUT2D eigenvalue weighted by molar-refractivity contribution is 0.111. The number of rotatable bonds is 2. The second-order valence-corrected chi connectivity index (χ2v) is 2.93. The zero-order valence-electron chi connectivity index (χ0n) is 7.24. The Hall–Kier alpha value is -1.15. The van der Waals surface area contributed by atoms with Gasteiger partial charge < -0.3 is 5.11 Å². The zero-order chi connectivity index (χ0) is 9.14. The summed E-state index contributed by atoms with van der Waals surface area (Å²) in [6.45, 7) is 3.59. The number of aliphatic hydroxyl groups is 1. The smallest absolute Gasteiger partial charge is 0.150 e. The van der Waals surface area contributed by atoms with Crippen LogP contribution in [0.25, 0.3) is 0 Å².